The van der Waals surface area contributed by atoms with E-state index < -0.39 is 0 Å². The van der Waals surface area contributed by atoms with Gasteiger partial charge in [-0.1, -0.05) is 50.3 Å². The fourth-order valence-electron chi connectivity index (χ4n) is 3.66. The number of carbonyl (C=O) groups excluding carboxylic acids is 2. The van der Waals surface area contributed by atoms with Gasteiger partial charge in [-0.15, -0.1) is 0 Å². The van der Waals surface area contributed by atoms with E-state index in [4.69, 9.17) is 4.74 Å². The van der Waals surface area contributed by atoms with Crippen LogP contribution in [0.25, 0.3) is 22.0 Å². The molecular formula is C24H21FN2O3S. The Kier molecular flexibility index (Phi) is 5.78. The van der Waals surface area contributed by atoms with E-state index in [2.05, 4.69) is 10.3 Å². The monoisotopic (exact) mass is 436 g/mol. The fourth-order valence-corrected chi connectivity index (χ4v) is 4.37. The number of imide groups is 1. The summed E-state index contributed by atoms with van der Waals surface area (Å²) in [6.07, 6.45) is 1.79. The zero-order valence-electron chi connectivity index (χ0n) is 17.3. The van der Waals surface area contributed by atoms with E-state index in [1.165, 1.54) is 6.07 Å². The van der Waals surface area contributed by atoms with Gasteiger partial charge in [0.05, 0.1) is 17.7 Å². The average Bonchev–Trinajstić information content (AvgIpc) is 3.08. The van der Waals surface area contributed by atoms with Crippen LogP contribution in [0.2, 0.25) is 0 Å². The molecule has 0 bridgehead atoms. The van der Waals surface area contributed by atoms with Crippen molar-refractivity contribution < 1.29 is 18.7 Å². The molecule has 0 aliphatic carbocycles. The first kappa shape index (κ1) is 21.1. The maximum Gasteiger partial charge on any atom is 0.290 e. The number of thioether (sulfide) groups is 1. The predicted molar refractivity (Wildman–Crippen MR) is 120 cm³/mol. The minimum atomic E-state index is -0.387. The van der Waals surface area contributed by atoms with Gasteiger partial charge in [-0.2, -0.15) is 0 Å². The summed E-state index contributed by atoms with van der Waals surface area (Å²) in [5, 5.41) is 3.26. The molecule has 158 valence electrons. The number of carbonyl (C=O) groups is 2. The van der Waals surface area contributed by atoms with Gasteiger partial charge < -0.3 is 4.74 Å². The number of halogens is 1. The molecule has 1 aliphatic heterocycles. The minimum absolute atomic E-state index is 0.132. The summed E-state index contributed by atoms with van der Waals surface area (Å²) >= 11 is 0.895. The van der Waals surface area contributed by atoms with Crippen LogP contribution in [0.3, 0.4) is 0 Å². The lowest BCUT2D eigenvalue weighted by Gasteiger charge is -2.20. The molecule has 3 aromatic rings. The summed E-state index contributed by atoms with van der Waals surface area (Å²) in [7, 11) is 1.54. The van der Waals surface area contributed by atoms with Crippen molar-refractivity contribution in [3.63, 3.8) is 0 Å². The third-order valence-corrected chi connectivity index (χ3v) is 6.09. The molecule has 31 heavy (non-hydrogen) atoms. The van der Waals surface area contributed by atoms with Gasteiger partial charge in [0, 0.05) is 22.4 Å². The van der Waals surface area contributed by atoms with E-state index >= 15 is 0 Å². The van der Waals surface area contributed by atoms with Gasteiger partial charge in [0.25, 0.3) is 11.1 Å². The van der Waals surface area contributed by atoms with Crippen LogP contribution in [0, 0.1) is 11.7 Å². The van der Waals surface area contributed by atoms with Crippen molar-refractivity contribution in [3.8, 4) is 17.1 Å². The number of fused-ring (bicyclic) bond motifs is 1. The minimum Gasteiger partial charge on any atom is -0.481 e. The lowest BCUT2D eigenvalue weighted by atomic mass is 9.88. The van der Waals surface area contributed by atoms with Gasteiger partial charge in [0.2, 0.25) is 5.88 Å². The summed E-state index contributed by atoms with van der Waals surface area (Å²) < 4.78 is 19.8. The van der Waals surface area contributed by atoms with Crippen molar-refractivity contribution in [1.29, 1.82) is 0 Å². The van der Waals surface area contributed by atoms with Crippen LogP contribution in [0.4, 0.5) is 9.18 Å². The smallest absolute Gasteiger partial charge is 0.290 e. The lowest BCUT2D eigenvalue weighted by Crippen LogP contribution is -2.18. The molecule has 1 unspecified atom stereocenters. The first-order chi connectivity index (χ1) is 14.9. The second-order valence-corrected chi connectivity index (χ2v) is 8.63. The number of allylic oxidation sites excluding steroid dienone is 1. The predicted octanol–water partition coefficient (Wildman–Crippen LogP) is 5.66. The van der Waals surface area contributed by atoms with Crippen LogP contribution in [0.15, 0.2) is 59.5 Å². The first-order valence-electron chi connectivity index (χ1n) is 9.86. The highest BCUT2D eigenvalue weighted by Crippen LogP contribution is 2.37. The molecule has 2 heterocycles. The topological polar surface area (TPSA) is 68.3 Å². The molecule has 0 spiro atoms. The molecule has 1 N–H and O–H groups in total. The highest BCUT2D eigenvalue weighted by molar-refractivity contribution is 8.18. The maximum atomic E-state index is 14.2. The zero-order valence-corrected chi connectivity index (χ0v) is 18.1. The zero-order chi connectivity index (χ0) is 22.1. The molecule has 1 fully saturated rings. The third kappa shape index (κ3) is 4.18. The van der Waals surface area contributed by atoms with E-state index in [9.17, 15) is 14.0 Å². The number of amides is 2. The van der Waals surface area contributed by atoms with E-state index in [1.54, 1.807) is 25.3 Å². The molecular weight excluding hydrogens is 415 g/mol. The highest BCUT2D eigenvalue weighted by Gasteiger charge is 2.28. The molecule has 5 nitrogen and oxygen atoms in total. The van der Waals surface area contributed by atoms with Gasteiger partial charge in [0.1, 0.15) is 5.82 Å². The van der Waals surface area contributed by atoms with Crippen LogP contribution in [0.1, 0.15) is 25.3 Å². The number of rotatable bonds is 5. The van der Waals surface area contributed by atoms with Crippen LogP contribution in [-0.2, 0) is 4.79 Å². The molecule has 4 rings (SSSR count). The van der Waals surface area contributed by atoms with E-state index in [0.717, 1.165) is 28.3 Å². The van der Waals surface area contributed by atoms with Gasteiger partial charge >= 0.3 is 0 Å². The molecule has 0 radical (unpaired) electrons. The number of nitrogens with one attached hydrogen (secondary N) is 1. The molecule has 1 aromatic heterocycles. The Morgan fingerprint density at radius 3 is 2.61 bits per heavy atom. The molecule has 1 atom stereocenters. The number of methoxy groups -OCH3 is 1. The van der Waals surface area contributed by atoms with Gasteiger partial charge in [0.15, 0.2) is 0 Å². The van der Waals surface area contributed by atoms with Crippen LogP contribution in [0.5, 0.6) is 5.88 Å². The van der Waals surface area contributed by atoms with Crippen LogP contribution >= 0.6 is 11.8 Å². The second-order valence-electron chi connectivity index (χ2n) is 7.62. The van der Waals surface area contributed by atoms with Crippen molar-refractivity contribution in [2.75, 3.05) is 7.11 Å². The third-order valence-electron chi connectivity index (χ3n) is 5.26. The number of benzene rings is 2. The van der Waals surface area contributed by atoms with Gasteiger partial charge in [-0.25, -0.2) is 9.37 Å². The Labute approximate surface area is 183 Å². The number of hydrogen-bond donors (Lipinski definition) is 1. The normalized spacial score (nSPS) is 16.2. The van der Waals surface area contributed by atoms with Crippen molar-refractivity contribution in [2.45, 2.75) is 19.8 Å². The fraction of sp³-hybridized carbons (Fsp3) is 0.208. The largest absolute Gasteiger partial charge is 0.481 e. The summed E-state index contributed by atoms with van der Waals surface area (Å²) in [4.78, 5) is 28.6. The van der Waals surface area contributed by atoms with Crippen molar-refractivity contribution >= 4 is 33.7 Å². The first-order valence-corrected chi connectivity index (χ1v) is 10.7. The SMILES string of the molecule is COc1nc(-c2ccc3cccc(F)c3c2)ccc1C(/C=C1\SC(=O)NC1=O)C(C)C. The van der Waals surface area contributed by atoms with Crippen molar-refractivity contribution in [2.24, 2.45) is 5.92 Å². The molecule has 2 aromatic carbocycles. The maximum absolute atomic E-state index is 14.2. The van der Waals surface area contributed by atoms with Gasteiger partial charge in [-0.3, -0.25) is 14.9 Å². The van der Waals surface area contributed by atoms with E-state index in [1.807, 2.05) is 44.2 Å². The van der Waals surface area contributed by atoms with Gasteiger partial charge in [-0.05, 0) is 41.3 Å². The molecule has 1 saturated heterocycles. The Bertz CT molecular complexity index is 1220. The number of hydrogen-bond acceptors (Lipinski definition) is 5. The number of ether oxygens (including phenoxy) is 1. The standard InChI is InChI=1S/C24H21FN2O3S/c1-13(2)17(12-21-22(28)27-24(29)31-21)16-9-10-20(26-23(16)30-3)15-8-7-14-5-4-6-19(25)18(14)11-15/h4-13,17H,1-3H3,(H,27,28,29)/b21-12-. The summed E-state index contributed by atoms with van der Waals surface area (Å²) in [6, 6.07) is 14.3. The lowest BCUT2D eigenvalue weighted by molar-refractivity contribution is -0.115. The number of nitrogens with zero attached hydrogens (tertiary/aromatic N) is 1. The summed E-state index contributed by atoms with van der Waals surface area (Å²) in [6.45, 7) is 4.06. The highest BCUT2D eigenvalue weighted by atomic mass is 32.2. The van der Waals surface area contributed by atoms with Crippen LogP contribution in [-0.4, -0.2) is 23.2 Å². The van der Waals surface area contributed by atoms with Crippen molar-refractivity contribution in [3.05, 3.63) is 70.9 Å². The number of aromatic nitrogens is 1. The quantitative estimate of drug-likeness (QED) is 0.523. The molecule has 2 amide bonds. The van der Waals surface area contributed by atoms with Crippen LogP contribution < -0.4 is 10.1 Å². The Balaban J connectivity index is 1.75. The molecule has 0 saturated carbocycles. The van der Waals surface area contributed by atoms with E-state index in [0.29, 0.717) is 21.9 Å². The second kappa shape index (κ2) is 8.51. The van der Waals surface area contributed by atoms with Crippen molar-refractivity contribution in [1.82, 2.24) is 10.3 Å². The Morgan fingerprint density at radius 2 is 1.94 bits per heavy atom. The summed E-state index contributed by atoms with van der Waals surface area (Å²) in [5.74, 6) is -0.285. The Hall–Kier alpha value is -3.19. The molecule has 7 heteroatoms. The van der Waals surface area contributed by atoms with E-state index in [-0.39, 0.29) is 28.8 Å². The summed E-state index contributed by atoms with van der Waals surface area (Å²) in [5.41, 5.74) is 2.25. The average molecular weight is 437 g/mol. The Morgan fingerprint density at radius 1 is 1.13 bits per heavy atom. The number of pyridine rings is 1. The molecule has 1 aliphatic rings.